The molecule has 292 valence electrons. The summed E-state index contributed by atoms with van der Waals surface area (Å²) in [6.45, 7) is 8.87. The molecule has 1 aromatic carbocycles. The number of furan rings is 1. The zero-order valence-electron chi connectivity index (χ0n) is 31.9. The SMILES string of the molecule is CC(C)(C)OC(=O)NC(CF)[C@H]1CC[C@H](C(=O)N2C(c3c(C(=O)OCOC(=O)C(C)(C)C)oc4ccccc34)C[C@@H](C3CCCCC3)[C@H]2C(N)=O)CC1. The molecule has 2 aromatic rings. The molecule has 5 rings (SSSR count). The average Bonchev–Trinajstić information content (AvgIpc) is 3.69. The number of alkyl carbamates (subject to hydrolysis) is 1. The highest BCUT2D eigenvalue weighted by Gasteiger charge is 2.53. The van der Waals surface area contributed by atoms with Gasteiger partial charge in [-0.2, -0.15) is 0 Å². The van der Waals surface area contributed by atoms with E-state index >= 15 is 0 Å². The molecule has 2 heterocycles. The van der Waals surface area contributed by atoms with Crippen molar-refractivity contribution in [1.29, 1.82) is 0 Å². The van der Waals surface area contributed by atoms with Crippen LogP contribution >= 0.6 is 0 Å². The number of nitrogens with two attached hydrogens (primary N) is 1. The molecule has 1 aliphatic heterocycles. The van der Waals surface area contributed by atoms with E-state index in [1.54, 1.807) is 70.7 Å². The van der Waals surface area contributed by atoms with E-state index in [0.29, 0.717) is 48.6 Å². The number of likely N-dealkylation sites (tertiary alicyclic amines) is 1. The Hall–Kier alpha value is -4.16. The normalized spacial score (nSPS) is 24.7. The van der Waals surface area contributed by atoms with Gasteiger partial charge in [0, 0.05) is 16.9 Å². The number of hydrogen-bond donors (Lipinski definition) is 2. The highest BCUT2D eigenvalue weighted by molar-refractivity contribution is 5.98. The Balaban J connectivity index is 1.45. The number of esters is 2. The number of carbonyl (C=O) groups excluding carboxylic acids is 5. The molecular weight excluding hydrogens is 685 g/mol. The van der Waals surface area contributed by atoms with E-state index < -0.39 is 72.5 Å². The molecule has 1 aromatic heterocycles. The third-order valence-corrected chi connectivity index (χ3v) is 11.0. The maximum atomic E-state index is 14.8. The number of ether oxygens (including phenoxy) is 3. The number of benzene rings is 1. The second-order valence-electron chi connectivity index (χ2n) is 17.0. The molecule has 3 N–H and O–H groups in total. The van der Waals surface area contributed by atoms with Gasteiger partial charge in [0.1, 0.15) is 23.9 Å². The summed E-state index contributed by atoms with van der Waals surface area (Å²) in [4.78, 5) is 68.5. The fraction of sp³-hybridized carbons (Fsp3) is 0.675. The van der Waals surface area contributed by atoms with Crippen molar-refractivity contribution >= 4 is 40.8 Å². The molecule has 53 heavy (non-hydrogen) atoms. The molecule has 3 aliphatic rings. The Kier molecular flexibility index (Phi) is 12.4. The van der Waals surface area contributed by atoms with Gasteiger partial charge in [-0.3, -0.25) is 14.4 Å². The average molecular weight is 742 g/mol. The van der Waals surface area contributed by atoms with Crippen LogP contribution in [-0.2, 0) is 28.6 Å². The standard InChI is InChI=1S/C40H56FN3O9/c1-39(2,3)37(48)51-22-50-36(47)33-31(26-14-10-11-15-30(26)52-33)29-20-27(23-12-8-7-9-13-23)32(34(42)45)44(29)35(46)25-18-16-24(17-19-25)28(21-41)43-38(49)53-40(4,5)6/h10-11,14-15,23-25,27-29,32H,7-9,12-13,16-22H2,1-6H3,(H2,42,45)(H,43,49)/t24-,25-,27-,28?,29?,32-/m0/s1. The molecule has 0 bridgehead atoms. The lowest BCUT2D eigenvalue weighted by Gasteiger charge is -2.38. The maximum absolute atomic E-state index is 14.8. The summed E-state index contributed by atoms with van der Waals surface area (Å²) in [5, 5.41) is 3.27. The number of nitrogens with one attached hydrogen (secondary N) is 1. The summed E-state index contributed by atoms with van der Waals surface area (Å²) >= 11 is 0. The van der Waals surface area contributed by atoms with Gasteiger partial charge < -0.3 is 34.6 Å². The summed E-state index contributed by atoms with van der Waals surface area (Å²) in [6, 6.07) is 4.69. The van der Waals surface area contributed by atoms with Crippen LogP contribution < -0.4 is 11.1 Å². The highest BCUT2D eigenvalue weighted by atomic mass is 19.1. The van der Waals surface area contributed by atoms with Crippen molar-refractivity contribution in [1.82, 2.24) is 10.2 Å². The van der Waals surface area contributed by atoms with Crippen molar-refractivity contribution in [2.24, 2.45) is 34.8 Å². The van der Waals surface area contributed by atoms with E-state index in [1.165, 1.54) is 0 Å². The maximum Gasteiger partial charge on any atom is 0.407 e. The first-order chi connectivity index (χ1) is 25.0. The topological polar surface area (TPSA) is 167 Å². The van der Waals surface area contributed by atoms with Crippen LogP contribution in [0.5, 0.6) is 0 Å². The molecule has 0 spiro atoms. The largest absolute Gasteiger partial charge is 0.449 e. The number of nitrogens with zero attached hydrogens (tertiary/aromatic N) is 1. The lowest BCUT2D eigenvalue weighted by atomic mass is 9.75. The predicted octanol–water partition coefficient (Wildman–Crippen LogP) is 7.13. The van der Waals surface area contributed by atoms with Crippen LogP contribution in [0.2, 0.25) is 0 Å². The third kappa shape index (κ3) is 9.32. The van der Waals surface area contributed by atoms with Gasteiger partial charge in [0.05, 0.1) is 17.5 Å². The number of amides is 3. The number of primary amides is 1. The quantitative estimate of drug-likeness (QED) is 0.190. The van der Waals surface area contributed by atoms with Crippen molar-refractivity contribution in [3.05, 3.63) is 35.6 Å². The monoisotopic (exact) mass is 741 g/mol. The van der Waals surface area contributed by atoms with Crippen LogP contribution in [0.25, 0.3) is 11.0 Å². The number of para-hydroxylation sites is 1. The van der Waals surface area contributed by atoms with Gasteiger partial charge in [-0.15, -0.1) is 0 Å². The minimum absolute atomic E-state index is 0.129. The van der Waals surface area contributed by atoms with Gasteiger partial charge in [0.2, 0.25) is 24.4 Å². The van der Waals surface area contributed by atoms with Crippen molar-refractivity contribution in [3.8, 4) is 0 Å². The fourth-order valence-electron chi connectivity index (χ4n) is 8.50. The van der Waals surface area contributed by atoms with Crippen molar-refractivity contribution < 1.29 is 47.0 Å². The van der Waals surface area contributed by atoms with Crippen LogP contribution in [0.15, 0.2) is 28.7 Å². The van der Waals surface area contributed by atoms with E-state index in [-0.39, 0.29) is 29.4 Å². The number of carbonyl (C=O) groups is 5. The molecular formula is C40H56FN3O9. The van der Waals surface area contributed by atoms with Gasteiger partial charge in [0.15, 0.2) is 0 Å². The molecule has 2 unspecified atom stereocenters. The Morgan fingerprint density at radius 1 is 0.943 bits per heavy atom. The van der Waals surface area contributed by atoms with Gasteiger partial charge in [-0.25, -0.2) is 14.0 Å². The van der Waals surface area contributed by atoms with Gasteiger partial charge in [-0.05, 0) is 97.5 Å². The van der Waals surface area contributed by atoms with E-state index in [9.17, 15) is 28.4 Å². The summed E-state index contributed by atoms with van der Waals surface area (Å²) < 4.78 is 36.3. The summed E-state index contributed by atoms with van der Waals surface area (Å²) in [7, 11) is 0. The van der Waals surface area contributed by atoms with Crippen LogP contribution in [0.3, 0.4) is 0 Å². The molecule has 1 saturated heterocycles. The number of rotatable bonds is 10. The van der Waals surface area contributed by atoms with Crippen molar-refractivity contribution in [2.75, 3.05) is 13.5 Å². The minimum atomic E-state index is -0.911. The molecule has 4 atom stereocenters. The number of halogens is 1. The van der Waals surface area contributed by atoms with E-state index in [2.05, 4.69) is 5.32 Å². The molecule has 12 nitrogen and oxygen atoms in total. The zero-order chi connectivity index (χ0) is 38.7. The lowest BCUT2D eigenvalue weighted by Crippen LogP contribution is -2.51. The van der Waals surface area contributed by atoms with Crippen LogP contribution in [0, 0.1) is 29.1 Å². The number of hydrogen-bond acceptors (Lipinski definition) is 9. The van der Waals surface area contributed by atoms with Crippen LogP contribution in [0.1, 0.15) is 128 Å². The molecule has 3 fully saturated rings. The van der Waals surface area contributed by atoms with Gasteiger partial charge in [0.25, 0.3) is 0 Å². The molecule has 13 heteroatoms. The first-order valence-electron chi connectivity index (χ1n) is 19.0. The summed E-state index contributed by atoms with van der Waals surface area (Å²) in [6.07, 6.45) is 6.44. The lowest BCUT2D eigenvalue weighted by molar-refractivity contribution is -0.161. The second kappa shape index (κ2) is 16.5. The van der Waals surface area contributed by atoms with E-state index in [1.807, 2.05) is 0 Å². The Labute approximate surface area is 311 Å². The summed E-state index contributed by atoms with van der Waals surface area (Å²) in [5.41, 5.74) is 5.48. The smallest absolute Gasteiger partial charge is 0.407 e. The summed E-state index contributed by atoms with van der Waals surface area (Å²) in [5.74, 6) is -3.17. The zero-order valence-corrected chi connectivity index (χ0v) is 31.9. The highest BCUT2D eigenvalue weighted by Crippen LogP contribution is 2.51. The first kappa shape index (κ1) is 40.0. The Morgan fingerprint density at radius 2 is 1.60 bits per heavy atom. The third-order valence-electron chi connectivity index (χ3n) is 11.0. The van der Waals surface area contributed by atoms with Crippen LogP contribution in [0.4, 0.5) is 9.18 Å². The Bertz CT molecular complexity index is 1650. The molecule has 3 amide bonds. The Morgan fingerprint density at radius 3 is 2.21 bits per heavy atom. The van der Waals surface area contributed by atoms with Gasteiger partial charge >= 0.3 is 18.0 Å². The van der Waals surface area contributed by atoms with Crippen LogP contribution in [-0.4, -0.2) is 65.9 Å². The van der Waals surface area contributed by atoms with Crippen molar-refractivity contribution in [3.63, 3.8) is 0 Å². The molecule has 2 aliphatic carbocycles. The number of fused-ring (bicyclic) bond motifs is 1. The molecule has 2 saturated carbocycles. The van der Waals surface area contributed by atoms with Gasteiger partial charge in [-0.1, -0.05) is 50.3 Å². The van der Waals surface area contributed by atoms with E-state index in [0.717, 1.165) is 32.1 Å². The van der Waals surface area contributed by atoms with E-state index in [4.69, 9.17) is 24.4 Å². The first-order valence-corrected chi connectivity index (χ1v) is 19.0. The fourth-order valence-corrected chi connectivity index (χ4v) is 8.50. The molecule has 0 radical (unpaired) electrons. The predicted molar refractivity (Wildman–Crippen MR) is 194 cm³/mol. The second-order valence-corrected chi connectivity index (χ2v) is 17.0. The number of alkyl halides is 1. The minimum Gasteiger partial charge on any atom is -0.449 e. The van der Waals surface area contributed by atoms with Crippen molar-refractivity contribution in [2.45, 2.75) is 129 Å².